The van der Waals surface area contributed by atoms with Crippen molar-refractivity contribution in [3.05, 3.63) is 65.7 Å². The zero-order valence-corrected chi connectivity index (χ0v) is 12.1. The highest BCUT2D eigenvalue weighted by Gasteiger charge is 2.07. The Hall–Kier alpha value is -1.80. The first-order valence-electron chi connectivity index (χ1n) is 7.14. The van der Waals surface area contributed by atoms with Crippen LogP contribution < -0.4 is 4.74 Å². The Kier molecular flexibility index (Phi) is 5.19. The van der Waals surface area contributed by atoms with E-state index in [4.69, 9.17) is 4.74 Å². The fourth-order valence-corrected chi connectivity index (χ4v) is 2.19. The molecule has 0 spiro atoms. The van der Waals surface area contributed by atoms with Crippen LogP contribution in [0, 0.1) is 0 Å². The van der Waals surface area contributed by atoms with Gasteiger partial charge in [-0.1, -0.05) is 42.5 Å². The highest BCUT2D eigenvalue weighted by atomic mass is 16.5. The van der Waals surface area contributed by atoms with Crippen molar-refractivity contribution in [3.63, 3.8) is 0 Å². The molecule has 0 aliphatic rings. The Balaban J connectivity index is 1.94. The number of aliphatic hydroxyl groups excluding tert-OH is 1. The molecule has 2 aromatic carbocycles. The number of hydrogen-bond donors (Lipinski definition) is 1. The van der Waals surface area contributed by atoms with Gasteiger partial charge in [-0.3, -0.25) is 0 Å². The van der Waals surface area contributed by atoms with Gasteiger partial charge < -0.3 is 9.84 Å². The Morgan fingerprint density at radius 3 is 2.45 bits per heavy atom. The lowest BCUT2D eigenvalue weighted by molar-refractivity contribution is 0.167. The van der Waals surface area contributed by atoms with Gasteiger partial charge in [-0.25, -0.2) is 0 Å². The Morgan fingerprint density at radius 1 is 1.00 bits per heavy atom. The van der Waals surface area contributed by atoms with Crippen molar-refractivity contribution >= 4 is 0 Å². The van der Waals surface area contributed by atoms with Gasteiger partial charge in [-0.2, -0.15) is 0 Å². The molecule has 0 bridgehead atoms. The van der Waals surface area contributed by atoms with Crippen molar-refractivity contribution in [1.82, 2.24) is 0 Å². The third-order valence-corrected chi connectivity index (χ3v) is 3.16. The van der Waals surface area contributed by atoms with E-state index < -0.39 is 6.10 Å². The van der Waals surface area contributed by atoms with E-state index >= 15 is 0 Å². The fourth-order valence-electron chi connectivity index (χ4n) is 2.19. The number of hydrogen-bond acceptors (Lipinski definition) is 2. The van der Waals surface area contributed by atoms with E-state index in [9.17, 15) is 5.11 Å². The largest absolute Gasteiger partial charge is 0.491 e. The van der Waals surface area contributed by atoms with Crippen molar-refractivity contribution < 1.29 is 9.84 Å². The van der Waals surface area contributed by atoms with Gasteiger partial charge in [0.1, 0.15) is 5.75 Å². The summed E-state index contributed by atoms with van der Waals surface area (Å²) in [6.07, 6.45) is 1.33. The van der Waals surface area contributed by atoms with E-state index in [1.54, 1.807) is 0 Å². The summed E-state index contributed by atoms with van der Waals surface area (Å²) in [5, 5.41) is 10.2. The van der Waals surface area contributed by atoms with Crippen LogP contribution in [0.1, 0.15) is 37.5 Å². The minimum Gasteiger partial charge on any atom is -0.491 e. The van der Waals surface area contributed by atoms with Crippen LogP contribution in [-0.4, -0.2) is 11.2 Å². The lowest BCUT2D eigenvalue weighted by atomic mass is 10.0. The van der Waals surface area contributed by atoms with Gasteiger partial charge in [0.2, 0.25) is 0 Å². The van der Waals surface area contributed by atoms with Gasteiger partial charge in [0.15, 0.2) is 0 Å². The van der Waals surface area contributed by atoms with Crippen LogP contribution in [0.15, 0.2) is 54.6 Å². The molecule has 1 atom stereocenters. The van der Waals surface area contributed by atoms with E-state index in [1.807, 2.05) is 56.3 Å². The molecule has 0 aromatic heterocycles. The van der Waals surface area contributed by atoms with Crippen LogP contribution >= 0.6 is 0 Å². The summed E-state index contributed by atoms with van der Waals surface area (Å²) in [5.74, 6) is 0.895. The summed E-state index contributed by atoms with van der Waals surface area (Å²) in [4.78, 5) is 0. The molecule has 0 fully saturated rings. The summed E-state index contributed by atoms with van der Waals surface area (Å²) >= 11 is 0. The molecule has 2 rings (SSSR count). The van der Waals surface area contributed by atoms with Crippen molar-refractivity contribution in [2.45, 2.75) is 38.9 Å². The van der Waals surface area contributed by atoms with E-state index in [0.29, 0.717) is 0 Å². The molecule has 20 heavy (non-hydrogen) atoms. The fraction of sp³-hybridized carbons (Fsp3) is 0.333. The predicted molar refractivity (Wildman–Crippen MR) is 81.9 cm³/mol. The number of aliphatic hydroxyl groups is 1. The third kappa shape index (κ3) is 4.39. The zero-order valence-electron chi connectivity index (χ0n) is 12.1. The summed E-state index contributed by atoms with van der Waals surface area (Å²) in [7, 11) is 0. The molecule has 2 nitrogen and oxygen atoms in total. The maximum Gasteiger partial charge on any atom is 0.119 e. The average Bonchev–Trinajstić information content (AvgIpc) is 2.45. The standard InChI is InChI=1S/C18H22O2/c1-14(2)20-17-10-6-7-15(13-17)11-12-18(19)16-8-4-3-5-9-16/h3-10,13-14,18-19H,11-12H2,1-2H3. The van der Waals surface area contributed by atoms with Gasteiger partial charge >= 0.3 is 0 Å². The molecule has 2 aromatic rings. The second-order valence-electron chi connectivity index (χ2n) is 5.28. The lowest BCUT2D eigenvalue weighted by Crippen LogP contribution is -2.05. The number of rotatable bonds is 6. The smallest absolute Gasteiger partial charge is 0.119 e. The molecule has 0 saturated carbocycles. The molecule has 0 aliphatic heterocycles. The first-order valence-corrected chi connectivity index (χ1v) is 7.14. The molecule has 0 heterocycles. The molecule has 1 unspecified atom stereocenters. The maximum absolute atomic E-state index is 10.2. The van der Waals surface area contributed by atoms with Crippen molar-refractivity contribution in [2.75, 3.05) is 0 Å². The highest BCUT2D eigenvalue weighted by Crippen LogP contribution is 2.21. The van der Waals surface area contributed by atoms with Crippen LogP contribution in [0.3, 0.4) is 0 Å². The van der Waals surface area contributed by atoms with Crippen LogP contribution in [0.2, 0.25) is 0 Å². The minimum absolute atomic E-state index is 0.181. The van der Waals surface area contributed by atoms with Gasteiger partial charge in [0.05, 0.1) is 12.2 Å². The van der Waals surface area contributed by atoms with Gasteiger partial charge in [0.25, 0.3) is 0 Å². The second kappa shape index (κ2) is 7.11. The summed E-state index contributed by atoms with van der Waals surface area (Å²) in [5.41, 5.74) is 2.17. The van der Waals surface area contributed by atoms with Crippen LogP contribution in [0.4, 0.5) is 0 Å². The van der Waals surface area contributed by atoms with Crippen LogP contribution in [0.5, 0.6) is 5.75 Å². The summed E-state index contributed by atoms with van der Waals surface area (Å²) in [6, 6.07) is 17.9. The van der Waals surface area contributed by atoms with E-state index in [-0.39, 0.29) is 6.10 Å². The summed E-state index contributed by atoms with van der Waals surface area (Å²) < 4.78 is 5.68. The number of ether oxygens (including phenoxy) is 1. The van der Waals surface area contributed by atoms with E-state index in [0.717, 1.165) is 24.2 Å². The van der Waals surface area contributed by atoms with Crippen LogP contribution in [0.25, 0.3) is 0 Å². The van der Waals surface area contributed by atoms with Crippen molar-refractivity contribution in [2.24, 2.45) is 0 Å². The molecule has 2 heteroatoms. The lowest BCUT2D eigenvalue weighted by Gasteiger charge is -2.13. The van der Waals surface area contributed by atoms with Gasteiger partial charge in [-0.05, 0) is 49.9 Å². The maximum atomic E-state index is 10.2. The zero-order chi connectivity index (χ0) is 14.4. The normalized spacial score (nSPS) is 12.4. The summed E-state index contributed by atoms with van der Waals surface area (Å²) in [6.45, 7) is 4.04. The quantitative estimate of drug-likeness (QED) is 0.854. The molecular weight excluding hydrogens is 248 g/mol. The van der Waals surface area contributed by atoms with Crippen molar-refractivity contribution in [3.8, 4) is 5.75 Å². The van der Waals surface area contributed by atoms with Gasteiger partial charge in [-0.15, -0.1) is 0 Å². The minimum atomic E-state index is -0.411. The molecule has 106 valence electrons. The molecule has 0 aliphatic carbocycles. The molecular formula is C18H22O2. The molecule has 1 N–H and O–H groups in total. The first-order chi connectivity index (χ1) is 9.65. The molecule has 0 radical (unpaired) electrons. The third-order valence-electron chi connectivity index (χ3n) is 3.16. The topological polar surface area (TPSA) is 29.5 Å². The van der Waals surface area contributed by atoms with E-state index in [2.05, 4.69) is 12.1 Å². The molecule has 0 saturated heterocycles. The Morgan fingerprint density at radius 2 is 1.75 bits per heavy atom. The monoisotopic (exact) mass is 270 g/mol. The van der Waals surface area contributed by atoms with Gasteiger partial charge in [0, 0.05) is 0 Å². The number of aryl methyl sites for hydroxylation is 1. The van der Waals surface area contributed by atoms with Crippen LogP contribution in [-0.2, 0) is 6.42 Å². The Bertz CT molecular complexity index is 520. The predicted octanol–water partition coefficient (Wildman–Crippen LogP) is 4.14. The second-order valence-corrected chi connectivity index (χ2v) is 5.28. The van der Waals surface area contributed by atoms with Crippen molar-refractivity contribution in [1.29, 1.82) is 0 Å². The highest BCUT2D eigenvalue weighted by molar-refractivity contribution is 5.29. The first kappa shape index (κ1) is 14.6. The SMILES string of the molecule is CC(C)Oc1cccc(CCC(O)c2ccccc2)c1. The Labute approximate surface area is 121 Å². The number of benzene rings is 2. The van der Waals surface area contributed by atoms with E-state index in [1.165, 1.54) is 5.56 Å². The average molecular weight is 270 g/mol. The molecule has 0 amide bonds.